The first-order chi connectivity index (χ1) is 12.4. The van der Waals surface area contributed by atoms with Gasteiger partial charge in [0.1, 0.15) is 5.56 Å². The molecule has 2 aromatic heterocycles. The van der Waals surface area contributed by atoms with E-state index in [1.54, 1.807) is 0 Å². The first kappa shape index (κ1) is 21.1. The second-order valence-electron chi connectivity index (χ2n) is 6.57. The number of carbonyl (C=O) groups is 1. The van der Waals surface area contributed by atoms with E-state index >= 15 is 0 Å². The second kappa shape index (κ2) is 8.65. The molecule has 0 fully saturated rings. The number of aryl methyl sites for hydroxylation is 2. The Morgan fingerprint density at radius 3 is 2.56 bits per heavy atom. The van der Waals surface area contributed by atoms with Crippen LogP contribution in [0.25, 0.3) is 4.96 Å². The number of hydrogen-bond donors (Lipinski definition) is 1. The standard InChI is InChI=1S/C19H22N4O2S.ClH/c1-12-5-7-14(8-6-12)16(22(3)4)10-20-17(24)15-9-21-19-23(18(15)25)13(2)11-26-19;/h5-9,11,16H,10H2,1-4H3,(H,20,24);1H. The molecule has 0 spiro atoms. The highest BCUT2D eigenvalue weighted by Gasteiger charge is 2.19. The van der Waals surface area contributed by atoms with Crippen LogP contribution in [0.4, 0.5) is 0 Å². The molecule has 3 rings (SSSR count). The fourth-order valence-corrected chi connectivity index (χ4v) is 3.68. The number of thiazole rings is 1. The molecule has 0 aliphatic rings. The number of nitrogens with zero attached hydrogens (tertiary/aromatic N) is 3. The smallest absolute Gasteiger partial charge is 0.271 e. The zero-order chi connectivity index (χ0) is 18.8. The SMILES string of the molecule is Cc1ccc(C(CNC(=O)c2cnc3scc(C)n3c2=O)N(C)C)cc1.Cl. The Balaban J connectivity index is 0.00000261. The number of halogens is 1. The van der Waals surface area contributed by atoms with Crippen LogP contribution in [-0.4, -0.2) is 40.8 Å². The van der Waals surface area contributed by atoms with E-state index in [2.05, 4.69) is 34.6 Å². The van der Waals surface area contributed by atoms with Gasteiger partial charge in [-0.3, -0.25) is 14.0 Å². The van der Waals surface area contributed by atoms with Crippen LogP contribution >= 0.6 is 23.7 Å². The maximum absolute atomic E-state index is 12.6. The predicted molar refractivity (Wildman–Crippen MR) is 111 cm³/mol. The minimum atomic E-state index is -0.401. The molecule has 0 aliphatic heterocycles. The first-order valence-electron chi connectivity index (χ1n) is 8.35. The molecule has 8 heteroatoms. The first-order valence-corrected chi connectivity index (χ1v) is 9.23. The predicted octanol–water partition coefficient (Wildman–Crippen LogP) is 2.83. The van der Waals surface area contributed by atoms with Gasteiger partial charge in [0.05, 0.1) is 6.04 Å². The monoisotopic (exact) mass is 406 g/mol. The maximum atomic E-state index is 12.6. The molecule has 0 bridgehead atoms. The van der Waals surface area contributed by atoms with Crippen molar-refractivity contribution in [1.82, 2.24) is 19.6 Å². The second-order valence-corrected chi connectivity index (χ2v) is 7.41. The summed E-state index contributed by atoms with van der Waals surface area (Å²) in [5.41, 5.74) is 2.81. The van der Waals surface area contributed by atoms with E-state index in [4.69, 9.17) is 0 Å². The molecule has 144 valence electrons. The molecule has 0 saturated heterocycles. The highest BCUT2D eigenvalue weighted by atomic mass is 35.5. The Morgan fingerprint density at radius 2 is 1.93 bits per heavy atom. The topological polar surface area (TPSA) is 66.7 Å². The van der Waals surface area contributed by atoms with Gasteiger partial charge in [0, 0.05) is 23.8 Å². The van der Waals surface area contributed by atoms with Gasteiger partial charge in [0.2, 0.25) is 0 Å². The molecule has 0 saturated carbocycles. The van der Waals surface area contributed by atoms with E-state index in [1.165, 1.54) is 27.5 Å². The Bertz CT molecular complexity index is 995. The number of aromatic nitrogens is 2. The van der Waals surface area contributed by atoms with Crippen LogP contribution in [0, 0.1) is 13.8 Å². The van der Waals surface area contributed by atoms with Crippen molar-refractivity contribution >= 4 is 34.6 Å². The summed E-state index contributed by atoms with van der Waals surface area (Å²) < 4.78 is 1.48. The van der Waals surface area contributed by atoms with Gasteiger partial charge >= 0.3 is 0 Å². The fraction of sp³-hybridized carbons (Fsp3) is 0.316. The minimum absolute atomic E-state index is 0. The minimum Gasteiger partial charge on any atom is -0.350 e. The van der Waals surface area contributed by atoms with Crippen molar-refractivity contribution in [1.29, 1.82) is 0 Å². The highest BCUT2D eigenvalue weighted by molar-refractivity contribution is 7.15. The molecule has 1 N–H and O–H groups in total. The lowest BCUT2D eigenvalue weighted by atomic mass is 10.0. The van der Waals surface area contributed by atoms with Gasteiger partial charge < -0.3 is 10.2 Å². The summed E-state index contributed by atoms with van der Waals surface area (Å²) in [4.78, 5) is 32.0. The molecular weight excluding hydrogens is 384 g/mol. The number of hydrogen-bond acceptors (Lipinski definition) is 5. The molecule has 1 amide bonds. The van der Waals surface area contributed by atoms with Crippen LogP contribution < -0.4 is 10.9 Å². The third kappa shape index (κ3) is 4.37. The van der Waals surface area contributed by atoms with Crippen molar-refractivity contribution in [2.75, 3.05) is 20.6 Å². The lowest BCUT2D eigenvalue weighted by Gasteiger charge is -2.25. The highest BCUT2D eigenvalue weighted by Crippen LogP contribution is 2.18. The molecule has 2 heterocycles. The van der Waals surface area contributed by atoms with Crippen LogP contribution in [0.1, 0.15) is 33.2 Å². The quantitative estimate of drug-likeness (QED) is 0.707. The van der Waals surface area contributed by atoms with Gasteiger partial charge in [0.15, 0.2) is 4.96 Å². The average molecular weight is 407 g/mol. The third-order valence-electron chi connectivity index (χ3n) is 4.40. The molecular formula is C19H23ClN4O2S. The zero-order valence-electron chi connectivity index (χ0n) is 15.7. The molecule has 0 radical (unpaired) electrons. The molecule has 1 unspecified atom stereocenters. The van der Waals surface area contributed by atoms with Crippen LogP contribution in [0.5, 0.6) is 0 Å². The Kier molecular flexibility index (Phi) is 6.75. The normalized spacial score (nSPS) is 12.0. The van der Waals surface area contributed by atoms with Crippen LogP contribution in [0.3, 0.4) is 0 Å². The number of benzene rings is 1. The molecule has 0 aliphatic carbocycles. The van der Waals surface area contributed by atoms with Crippen LogP contribution in [0.2, 0.25) is 0 Å². The number of amides is 1. The molecule has 27 heavy (non-hydrogen) atoms. The van der Waals surface area contributed by atoms with Crippen molar-refractivity contribution < 1.29 is 4.79 Å². The Labute approximate surface area is 168 Å². The van der Waals surface area contributed by atoms with E-state index in [1.807, 2.05) is 38.2 Å². The number of likely N-dealkylation sites (N-methyl/N-ethyl adjacent to an activating group) is 1. The van der Waals surface area contributed by atoms with Crippen LogP contribution in [-0.2, 0) is 0 Å². The molecule has 6 nitrogen and oxygen atoms in total. The summed E-state index contributed by atoms with van der Waals surface area (Å²) in [6.45, 7) is 4.27. The lowest BCUT2D eigenvalue weighted by molar-refractivity contribution is 0.0940. The van der Waals surface area contributed by atoms with Crippen LogP contribution in [0.15, 0.2) is 40.6 Å². The summed E-state index contributed by atoms with van der Waals surface area (Å²) in [5, 5.41) is 4.73. The summed E-state index contributed by atoms with van der Waals surface area (Å²) in [6, 6.07) is 8.24. The molecule has 1 aromatic carbocycles. The van der Waals surface area contributed by atoms with Crippen molar-refractivity contribution in [2.45, 2.75) is 19.9 Å². The Morgan fingerprint density at radius 1 is 1.26 bits per heavy atom. The largest absolute Gasteiger partial charge is 0.350 e. The Hall–Kier alpha value is -2.22. The summed E-state index contributed by atoms with van der Waals surface area (Å²) in [7, 11) is 3.93. The summed E-state index contributed by atoms with van der Waals surface area (Å²) in [6.07, 6.45) is 1.36. The van der Waals surface area contributed by atoms with Crippen molar-refractivity contribution in [3.63, 3.8) is 0 Å². The van der Waals surface area contributed by atoms with E-state index in [9.17, 15) is 9.59 Å². The number of fused-ring (bicyclic) bond motifs is 1. The average Bonchev–Trinajstić information content (AvgIpc) is 2.98. The van der Waals surface area contributed by atoms with E-state index in [-0.39, 0.29) is 29.6 Å². The van der Waals surface area contributed by atoms with Gasteiger partial charge in [-0.25, -0.2) is 4.98 Å². The van der Waals surface area contributed by atoms with E-state index in [0.29, 0.717) is 11.5 Å². The van der Waals surface area contributed by atoms with E-state index < -0.39 is 5.91 Å². The molecule has 3 aromatic rings. The fourth-order valence-electron chi connectivity index (χ4n) is 2.85. The number of rotatable bonds is 5. The third-order valence-corrected chi connectivity index (χ3v) is 5.36. The van der Waals surface area contributed by atoms with Gasteiger partial charge in [-0.1, -0.05) is 29.8 Å². The maximum Gasteiger partial charge on any atom is 0.271 e. The van der Waals surface area contributed by atoms with Crippen molar-refractivity contribution in [3.8, 4) is 0 Å². The van der Waals surface area contributed by atoms with Gasteiger partial charge in [0.25, 0.3) is 11.5 Å². The van der Waals surface area contributed by atoms with E-state index in [0.717, 1.165) is 11.3 Å². The number of nitrogens with one attached hydrogen (secondary N) is 1. The molecule has 1 atom stereocenters. The van der Waals surface area contributed by atoms with Gasteiger partial charge in [-0.15, -0.1) is 23.7 Å². The number of carbonyl (C=O) groups excluding carboxylic acids is 1. The summed E-state index contributed by atoms with van der Waals surface area (Å²) in [5.74, 6) is -0.401. The van der Waals surface area contributed by atoms with Crippen molar-refractivity contribution in [3.05, 3.63) is 68.6 Å². The van der Waals surface area contributed by atoms with Crippen molar-refractivity contribution in [2.24, 2.45) is 0 Å². The lowest BCUT2D eigenvalue weighted by Crippen LogP contribution is -2.37. The summed E-state index contributed by atoms with van der Waals surface area (Å²) >= 11 is 1.38. The zero-order valence-corrected chi connectivity index (χ0v) is 17.4. The van der Waals surface area contributed by atoms with Gasteiger partial charge in [-0.2, -0.15) is 0 Å². The van der Waals surface area contributed by atoms with Gasteiger partial charge in [-0.05, 0) is 33.5 Å².